The molecule has 9 heteroatoms. The maximum atomic E-state index is 12.4. The van der Waals surface area contributed by atoms with Crippen molar-refractivity contribution < 1.29 is 31.8 Å². The molecule has 0 bridgehead atoms. The van der Waals surface area contributed by atoms with Crippen molar-refractivity contribution in [3.05, 3.63) is 24.3 Å². The third kappa shape index (κ3) is 3.30. The van der Waals surface area contributed by atoms with E-state index in [1.54, 1.807) is 4.90 Å². The number of sulfone groups is 1. The Bertz CT molecular complexity index is 617. The number of nitrogens with zero attached hydrogens (tertiary/aromatic N) is 1. The van der Waals surface area contributed by atoms with Crippen molar-refractivity contribution >= 4 is 21.5 Å². The summed E-state index contributed by atoms with van der Waals surface area (Å²) in [6, 6.07) is 4.92. The van der Waals surface area contributed by atoms with Crippen LogP contribution >= 0.6 is 0 Å². The van der Waals surface area contributed by atoms with Crippen LogP contribution in [0.3, 0.4) is 0 Å². The van der Waals surface area contributed by atoms with Crippen LogP contribution < -0.4 is 4.90 Å². The van der Waals surface area contributed by atoms with Crippen LogP contribution in [0, 0.1) is 0 Å². The molecule has 0 aromatic heterocycles. The van der Waals surface area contributed by atoms with E-state index in [1.807, 2.05) is 0 Å². The number of rotatable bonds is 4. The summed E-state index contributed by atoms with van der Waals surface area (Å²) in [5, 5.41) is 8.90. The number of ether oxygens (including phenoxy) is 1. The van der Waals surface area contributed by atoms with Gasteiger partial charge in [0.25, 0.3) is 0 Å². The van der Waals surface area contributed by atoms with Crippen LogP contribution in [0.2, 0.25) is 0 Å². The molecule has 2 rings (SSSR count). The first-order chi connectivity index (χ1) is 9.82. The van der Waals surface area contributed by atoms with E-state index in [2.05, 4.69) is 0 Å². The minimum absolute atomic E-state index is 0.107. The number of carboxylic acid groups (broad SMARTS) is 1. The minimum atomic E-state index is -4.62. The highest BCUT2D eigenvalue weighted by Crippen LogP contribution is 2.23. The fourth-order valence-corrected chi connectivity index (χ4v) is 2.70. The van der Waals surface area contributed by atoms with Gasteiger partial charge in [-0.1, -0.05) is 0 Å². The SMILES string of the molecule is O=C(O)C1CN(c2ccc(S(=O)(=O)C(F)F)cc2)CCO1. The molecule has 1 saturated heterocycles. The Morgan fingerprint density at radius 1 is 1.33 bits per heavy atom. The second-order valence-corrected chi connectivity index (χ2v) is 6.36. The summed E-state index contributed by atoms with van der Waals surface area (Å²) >= 11 is 0. The third-order valence-electron chi connectivity index (χ3n) is 3.11. The molecule has 116 valence electrons. The molecular formula is C12H13F2NO5S. The lowest BCUT2D eigenvalue weighted by Gasteiger charge is -2.32. The highest BCUT2D eigenvalue weighted by Gasteiger charge is 2.28. The molecular weight excluding hydrogens is 308 g/mol. The molecule has 1 aliphatic rings. The average Bonchev–Trinajstić information content (AvgIpc) is 2.47. The lowest BCUT2D eigenvalue weighted by atomic mass is 10.2. The first-order valence-electron chi connectivity index (χ1n) is 6.04. The molecule has 0 radical (unpaired) electrons. The molecule has 1 aromatic carbocycles. The topological polar surface area (TPSA) is 83.9 Å². The van der Waals surface area contributed by atoms with Gasteiger partial charge in [-0.2, -0.15) is 8.78 Å². The van der Waals surface area contributed by atoms with E-state index in [4.69, 9.17) is 9.84 Å². The summed E-state index contributed by atoms with van der Waals surface area (Å²) in [4.78, 5) is 12.1. The van der Waals surface area contributed by atoms with Gasteiger partial charge in [0, 0.05) is 12.2 Å². The molecule has 1 fully saturated rings. The highest BCUT2D eigenvalue weighted by atomic mass is 32.2. The fraction of sp³-hybridized carbons (Fsp3) is 0.417. The minimum Gasteiger partial charge on any atom is -0.479 e. The van der Waals surface area contributed by atoms with Crippen LogP contribution in [0.4, 0.5) is 14.5 Å². The largest absolute Gasteiger partial charge is 0.479 e. The van der Waals surface area contributed by atoms with Crippen LogP contribution in [0.15, 0.2) is 29.2 Å². The van der Waals surface area contributed by atoms with Crippen LogP contribution in [0.25, 0.3) is 0 Å². The van der Waals surface area contributed by atoms with Crippen molar-refractivity contribution in [2.75, 3.05) is 24.6 Å². The number of hydrogen-bond donors (Lipinski definition) is 1. The average molecular weight is 321 g/mol. The number of benzene rings is 1. The third-order valence-corrected chi connectivity index (χ3v) is 4.51. The number of anilines is 1. The Morgan fingerprint density at radius 2 is 1.95 bits per heavy atom. The molecule has 6 nitrogen and oxygen atoms in total. The van der Waals surface area contributed by atoms with Gasteiger partial charge in [-0.15, -0.1) is 0 Å². The van der Waals surface area contributed by atoms with Gasteiger partial charge in [0.05, 0.1) is 18.0 Å². The van der Waals surface area contributed by atoms with Crippen LogP contribution in [0.5, 0.6) is 0 Å². The number of hydrogen-bond acceptors (Lipinski definition) is 5. The molecule has 1 heterocycles. The van der Waals surface area contributed by atoms with E-state index >= 15 is 0 Å². The Balaban J connectivity index is 2.18. The Hall–Kier alpha value is -1.74. The predicted octanol–water partition coefficient (Wildman–Crippen LogP) is 0.973. The molecule has 21 heavy (non-hydrogen) atoms. The molecule has 1 aromatic rings. The fourth-order valence-electron chi connectivity index (χ4n) is 1.98. The Morgan fingerprint density at radius 3 is 2.48 bits per heavy atom. The second kappa shape index (κ2) is 5.94. The van der Waals surface area contributed by atoms with Gasteiger partial charge in [-0.05, 0) is 24.3 Å². The van der Waals surface area contributed by atoms with E-state index in [1.165, 1.54) is 12.1 Å². The molecule has 0 saturated carbocycles. The van der Waals surface area contributed by atoms with Crippen molar-refractivity contribution in [3.8, 4) is 0 Å². The molecule has 0 aliphatic carbocycles. The van der Waals surface area contributed by atoms with Crippen molar-refractivity contribution in [3.63, 3.8) is 0 Å². The summed E-state index contributed by atoms with van der Waals surface area (Å²) in [6.45, 7) is 0.759. The van der Waals surface area contributed by atoms with Gasteiger partial charge in [0.15, 0.2) is 6.10 Å². The summed E-state index contributed by atoms with van der Waals surface area (Å²) < 4.78 is 52.5. The lowest BCUT2D eigenvalue weighted by Crippen LogP contribution is -2.46. The van der Waals surface area contributed by atoms with Gasteiger partial charge in [-0.25, -0.2) is 13.2 Å². The summed E-state index contributed by atoms with van der Waals surface area (Å²) in [5.74, 6) is -4.56. The molecule has 1 N–H and O–H groups in total. The number of halogens is 2. The van der Waals surface area contributed by atoms with Crippen LogP contribution in [-0.4, -0.2) is 51.1 Å². The van der Waals surface area contributed by atoms with Crippen molar-refractivity contribution in [2.45, 2.75) is 16.8 Å². The number of carbonyl (C=O) groups is 1. The second-order valence-electron chi connectivity index (χ2n) is 4.44. The molecule has 1 atom stereocenters. The number of carboxylic acids is 1. The number of alkyl halides is 2. The van der Waals surface area contributed by atoms with E-state index in [-0.39, 0.29) is 13.2 Å². The highest BCUT2D eigenvalue weighted by molar-refractivity contribution is 7.91. The maximum absolute atomic E-state index is 12.4. The van der Waals surface area contributed by atoms with Gasteiger partial charge in [0.1, 0.15) is 0 Å². The zero-order chi connectivity index (χ0) is 15.6. The molecule has 1 unspecified atom stereocenters. The van der Waals surface area contributed by atoms with E-state index < -0.39 is 32.6 Å². The molecule has 0 amide bonds. The predicted molar refractivity (Wildman–Crippen MR) is 69.2 cm³/mol. The summed E-state index contributed by atoms with van der Waals surface area (Å²) in [5.41, 5.74) is 0.553. The Kier molecular flexibility index (Phi) is 4.43. The normalized spacial score (nSPS) is 19.8. The number of aliphatic carboxylic acids is 1. The van der Waals surface area contributed by atoms with Gasteiger partial charge in [-0.3, -0.25) is 0 Å². The van der Waals surface area contributed by atoms with E-state index in [9.17, 15) is 22.0 Å². The summed E-state index contributed by atoms with van der Waals surface area (Å²) in [7, 11) is -4.62. The van der Waals surface area contributed by atoms with Gasteiger partial charge < -0.3 is 14.7 Å². The van der Waals surface area contributed by atoms with Crippen molar-refractivity contribution in [1.29, 1.82) is 0 Å². The van der Waals surface area contributed by atoms with E-state index in [0.717, 1.165) is 12.1 Å². The van der Waals surface area contributed by atoms with Crippen LogP contribution in [0.1, 0.15) is 0 Å². The standard InChI is InChI=1S/C12H13F2NO5S/c13-12(14)21(18,19)9-3-1-8(2-4-9)15-5-6-20-10(7-15)11(16)17/h1-4,10,12H,5-7H2,(H,16,17). The smallest absolute Gasteiger partial charge is 0.341 e. The monoisotopic (exact) mass is 321 g/mol. The number of morpholine rings is 1. The summed E-state index contributed by atoms with van der Waals surface area (Å²) in [6.07, 6.45) is -0.969. The molecule has 0 spiro atoms. The molecule has 1 aliphatic heterocycles. The van der Waals surface area contributed by atoms with Gasteiger partial charge >= 0.3 is 11.7 Å². The lowest BCUT2D eigenvalue weighted by molar-refractivity contribution is -0.150. The van der Waals surface area contributed by atoms with Gasteiger partial charge in [0.2, 0.25) is 9.84 Å². The quantitative estimate of drug-likeness (QED) is 0.890. The first kappa shape index (κ1) is 15.6. The first-order valence-corrected chi connectivity index (χ1v) is 7.58. The maximum Gasteiger partial charge on any atom is 0.341 e. The zero-order valence-corrected chi connectivity index (χ0v) is 11.6. The van der Waals surface area contributed by atoms with Crippen molar-refractivity contribution in [1.82, 2.24) is 0 Å². The Labute approximate surface area is 119 Å². The van der Waals surface area contributed by atoms with E-state index in [0.29, 0.717) is 12.2 Å². The van der Waals surface area contributed by atoms with Crippen LogP contribution in [-0.2, 0) is 19.4 Å². The van der Waals surface area contributed by atoms with Crippen molar-refractivity contribution in [2.24, 2.45) is 0 Å². The zero-order valence-electron chi connectivity index (χ0n) is 10.8.